The predicted molar refractivity (Wildman–Crippen MR) is 92.8 cm³/mol. The molecule has 0 radical (unpaired) electrons. The van der Waals surface area contributed by atoms with E-state index in [2.05, 4.69) is 6.92 Å². The standard InChI is InChI=1S/C19H40O2/c1-3-4-5-6-7-8-9-10-11-12-13-14-15-16-19(20)17-18-21-2/h19-20H,3-18H2,1-2H3. The highest BCUT2D eigenvalue weighted by atomic mass is 16.5. The van der Waals surface area contributed by atoms with Gasteiger partial charge in [0.2, 0.25) is 0 Å². The van der Waals surface area contributed by atoms with Gasteiger partial charge in [0, 0.05) is 13.7 Å². The van der Waals surface area contributed by atoms with E-state index in [9.17, 15) is 5.11 Å². The van der Waals surface area contributed by atoms with E-state index in [0.29, 0.717) is 6.61 Å². The van der Waals surface area contributed by atoms with Crippen LogP contribution < -0.4 is 0 Å². The molecule has 0 heterocycles. The fourth-order valence-electron chi connectivity index (χ4n) is 2.80. The highest BCUT2D eigenvalue weighted by Crippen LogP contribution is 2.13. The van der Waals surface area contributed by atoms with E-state index in [-0.39, 0.29) is 6.10 Å². The van der Waals surface area contributed by atoms with Crippen molar-refractivity contribution in [3.05, 3.63) is 0 Å². The van der Waals surface area contributed by atoms with Gasteiger partial charge >= 0.3 is 0 Å². The molecule has 0 amide bonds. The monoisotopic (exact) mass is 300 g/mol. The summed E-state index contributed by atoms with van der Waals surface area (Å²) in [5.41, 5.74) is 0. The maximum absolute atomic E-state index is 9.68. The van der Waals surface area contributed by atoms with Crippen molar-refractivity contribution in [3.63, 3.8) is 0 Å². The molecule has 0 saturated carbocycles. The molecule has 0 aliphatic heterocycles. The van der Waals surface area contributed by atoms with Gasteiger partial charge in [-0.2, -0.15) is 0 Å². The molecule has 128 valence electrons. The number of aliphatic hydroxyl groups excluding tert-OH is 1. The Morgan fingerprint density at radius 2 is 1.10 bits per heavy atom. The first-order chi connectivity index (χ1) is 10.3. The summed E-state index contributed by atoms with van der Waals surface area (Å²) >= 11 is 0. The summed E-state index contributed by atoms with van der Waals surface area (Å²) in [4.78, 5) is 0. The van der Waals surface area contributed by atoms with Gasteiger partial charge < -0.3 is 9.84 Å². The Morgan fingerprint density at radius 1 is 0.667 bits per heavy atom. The van der Waals surface area contributed by atoms with Gasteiger partial charge in [-0.05, 0) is 12.8 Å². The van der Waals surface area contributed by atoms with E-state index in [1.165, 1.54) is 83.5 Å². The summed E-state index contributed by atoms with van der Waals surface area (Å²) in [5, 5.41) is 9.68. The van der Waals surface area contributed by atoms with Crippen molar-refractivity contribution < 1.29 is 9.84 Å². The van der Waals surface area contributed by atoms with Crippen molar-refractivity contribution in [1.29, 1.82) is 0 Å². The zero-order valence-corrected chi connectivity index (χ0v) is 14.7. The highest BCUT2D eigenvalue weighted by Gasteiger charge is 2.02. The third kappa shape index (κ3) is 17.9. The molecule has 0 aliphatic carbocycles. The Labute approximate surface area is 133 Å². The lowest BCUT2D eigenvalue weighted by Gasteiger charge is -2.09. The Bertz CT molecular complexity index is 182. The van der Waals surface area contributed by atoms with E-state index in [1.807, 2.05) is 0 Å². The van der Waals surface area contributed by atoms with Gasteiger partial charge in [-0.1, -0.05) is 90.4 Å². The van der Waals surface area contributed by atoms with Crippen molar-refractivity contribution >= 4 is 0 Å². The maximum Gasteiger partial charge on any atom is 0.0562 e. The quantitative estimate of drug-likeness (QED) is 0.341. The van der Waals surface area contributed by atoms with Gasteiger partial charge in [-0.15, -0.1) is 0 Å². The zero-order chi connectivity index (χ0) is 15.6. The average Bonchev–Trinajstić information content (AvgIpc) is 2.49. The molecule has 21 heavy (non-hydrogen) atoms. The van der Waals surface area contributed by atoms with Crippen molar-refractivity contribution in [2.75, 3.05) is 13.7 Å². The van der Waals surface area contributed by atoms with Crippen LogP contribution in [0.1, 0.15) is 103 Å². The molecular formula is C19H40O2. The van der Waals surface area contributed by atoms with Crippen LogP contribution >= 0.6 is 0 Å². The van der Waals surface area contributed by atoms with Gasteiger partial charge in [0.1, 0.15) is 0 Å². The first-order valence-electron chi connectivity index (χ1n) is 9.48. The second-order valence-corrected chi connectivity index (χ2v) is 6.47. The second kappa shape index (κ2) is 18.0. The molecular weight excluding hydrogens is 260 g/mol. The molecule has 2 heteroatoms. The maximum atomic E-state index is 9.68. The summed E-state index contributed by atoms with van der Waals surface area (Å²) in [7, 11) is 1.69. The smallest absolute Gasteiger partial charge is 0.0562 e. The number of ether oxygens (including phenoxy) is 1. The van der Waals surface area contributed by atoms with Crippen LogP contribution in [0.4, 0.5) is 0 Å². The lowest BCUT2D eigenvalue weighted by atomic mass is 10.0. The van der Waals surface area contributed by atoms with Crippen molar-refractivity contribution in [2.45, 2.75) is 109 Å². The Morgan fingerprint density at radius 3 is 1.52 bits per heavy atom. The van der Waals surface area contributed by atoms with E-state index in [1.54, 1.807) is 7.11 Å². The number of hydrogen-bond donors (Lipinski definition) is 1. The fraction of sp³-hybridized carbons (Fsp3) is 1.00. The average molecular weight is 301 g/mol. The van der Waals surface area contributed by atoms with Gasteiger partial charge in [0.25, 0.3) is 0 Å². The fourth-order valence-corrected chi connectivity index (χ4v) is 2.80. The highest BCUT2D eigenvalue weighted by molar-refractivity contribution is 4.56. The number of unbranched alkanes of at least 4 members (excludes halogenated alkanes) is 12. The van der Waals surface area contributed by atoms with Gasteiger partial charge in [0.05, 0.1) is 6.10 Å². The Hall–Kier alpha value is -0.0800. The second-order valence-electron chi connectivity index (χ2n) is 6.47. The molecule has 0 bridgehead atoms. The molecule has 0 rings (SSSR count). The molecule has 1 unspecified atom stereocenters. The predicted octanol–water partition coefficient (Wildman–Crippen LogP) is 5.87. The Balaban J connectivity index is 3.02. The molecule has 2 nitrogen and oxygen atoms in total. The van der Waals surface area contributed by atoms with Gasteiger partial charge in [-0.25, -0.2) is 0 Å². The van der Waals surface area contributed by atoms with E-state index in [4.69, 9.17) is 4.74 Å². The van der Waals surface area contributed by atoms with Crippen LogP contribution in [0.2, 0.25) is 0 Å². The first-order valence-corrected chi connectivity index (χ1v) is 9.48. The van der Waals surface area contributed by atoms with Crippen LogP contribution in [-0.4, -0.2) is 24.9 Å². The minimum absolute atomic E-state index is 0.155. The number of aliphatic hydroxyl groups is 1. The van der Waals surface area contributed by atoms with Crippen LogP contribution in [0.3, 0.4) is 0 Å². The van der Waals surface area contributed by atoms with Crippen LogP contribution in [-0.2, 0) is 4.74 Å². The van der Waals surface area contributed by atoms with Crippen molar-refractivity contribution in [1.82, 2.24) is 0 Å². The summed E-state index contributed by atoms with van der Waals surface area (Å²) in [6.45, 7) is 2.96. The minimum atomic E-state index is -0.155. The SMILES string of the molecule is CCCCCCCCCCCCCCCC(O)CCOC. The number of hydrogen-bond acceptors (Lipinski definition) is 2. The van der Waals surface area contributed by atoms with Gasteiger partial charge in [-0.3, -0.25) is 0 Å². The molecule has 0 fully saturated rings. The van der Waals surface area contributed by atoms with E-state index in [0.717, 1.165) is 12.8 Å². The molecule has 1 atom stereocenters. The zero-order valence-electron chi connectivity index (χ0n) is 14.7. The lowest BCUT2D eigenvalue weighted by Crippen LogP contribution is -2.09. The molecule has 1 N–H and O–H groups in total. The minimum Gasteiger partial charge on any atom is -0.393 e. The summed E-state index contributed by atoms with van der Waals surface area (Å²) in [6.07, 6.45) is 19.5. The third-order valence-electron chi connectivity index (χ3n) is 4.30. The molecule has 0 aromatic heterocycles. The number of rotatable bonds is 17. The van der Waals surface area contributed by atoms with Crippen LogP contribution in [0.15, 0.2) is 0 Å². The molecule has 0 spiro atoms. The lowest BCUT2D eigenvalue weighted by molar-refractivity contribution is 0.102. The van der Waals surface area contributed by atoms with Crippen molar-refractivity contribution in [2.24, 2.45) is 0 Å². The van der Waals surface area contributed by atoms with Gasteiger partial charge in [0.15, 0.2) is 0 Å². The van der Waals surface area contributed by atoms with Crippen LogP contribution in [0.5, 0.6) is 0 Å². The molecule has 0 aromatic carbocycles. The van der Waals surface area contributed by atoms with Crippen molar-refractivity contribution in [3.8, 4) is 0 Å². The van der Waals surface area contributed by atoms with Crippen LogP contribution in [0.25, 0.3) is 0 Å². The molecule has 0 aliphatic rings. The summed E-state index contributed by atoms with van der Waals surface area (Å²) in [6, 6.07) is 0. The molecule has 0 aromatic rings. The Kier molecular flexibility index (Phi) is 17.9. The topological polar surface area (TPSA) is 29.5 Å². The van der Waals surface area contributed by atoms with E-state index < -0.39 is 0 Å². The third-order valence-corrected chi connectivity index (χ3v) is 4.30. The number of methoxy groups -OCH3 is 1. The van der Waals surface area contributed by atoms with E-state index >= 15 is 0 Å². The van der Waals surface area contributed by atoms with Crippen LogP contribution in [0, 0.1) is 0 Å². The summed E-state index contributed by atoms with van der Waals surface area (Å²) < 4.78 is 4.97. The molecule has 0 saturated heterocycles. The normalized spacial score (nSPS) is 12.7. The largest absolute Gasteiger partial charge is 0.393 e. The summed E-state index contributed by atoms with van der Waals surface area (Å²) in [5.74, 6) is 0. The first kappa shape index (κ1) is 20.9.